The minimum Gasteiger partial charge on any atom is -0.0979 e. The van der Waals surface area contributed by atoms with Crippen LogP contribution in [0.3, 0.4) is 0 Å². The lowest BCUT2D eigenvalue weighted by Gasteiger charge is -1.90. The fraction of sp³-hybridized carbons (Fsp3) is 0.333. The maximum absolute atomic E-state index is 5.82. The predicted molar refractivity (Wildman–Crippen MR) is 57.9 cm³/mol. The summed E-state index contributed by atoms with van der Waals surface area (Å²) in [6.45, 7) is 2.17. The number of hydrogen-bond donors (Lipinski definition) is 0. The Bertz CT molecular complexity index is 317. The van der Waals surface area contributed by atoms with Gasteiger partial charge in [-0.05, 0) is 24.6 Å². The predicted octanol–water partition coefficient (Wildman–Crippen LogP) is 3.88. The van der Waals surface area contributed by atoms with E-state index in [9.17, 15) is 0 Å². The summed E-state index contributed by atoms with van der Waals surface area (Å²) in [5.41, 5.74) is 1.00. The van der Waals surface area contributed by atoms with E-state index in [1.807, 2.05) is 24.3 Å². The number of unbranched alkanes of at least 4 members (excludes halogenated alkanes) is 2. The largest absolute Gasteiger partial charge is 0.0979 e. The molecule has 1 aromatic rings. The molecule has 0 aliphatic heterocycles. The summed E-state index contributed by atoms with van der Waals surface area (Å²) in [6, 6.07) is 7.65. The standard InChI is InChI=1S/C12H13Cl/c1-2-3-4-5-7-11-8-6-9-12(13)10-11/h6,8-10H,2-4H2,1H3. The first kappa shape index (κ1) is 10.2. The average molecular weight is 193 g/mol. The highest BCUT2D eigenvalue weighted by Gasteiger charge is 1.87. The SMILES string of the molecule is CCCCC#Cc1cccc(Cl)c1. The van der Waals surface area contributed by atoms with Gasteiger partial charge in [-0.25, -0.2) is 0 Å². The molecular weight excluding hydrogens is 180 g/mol. The smallest absolute Gasteiger partial charge is 0.0418 e. The quantitative estimate of drug-likeness (QED) is 0.493. The lowest BCUT2D eigenvalue weighted by atomic mass is 10.2. The van der Waals surface area contributed by atoms with Crippen molar-refractivity contribution in [2.24, 2.45) is 0 Å². The van der Waals surface area contributed by atoms with Crippen molar-refractivity contribution in [3.63, 3.8) is 0 Å². The van der Waals surface area contributed by atoms with Gasteiger partial charge in [0.15, 0.2) is 0 Å². The molecule has 0 fully saturated rings. The van der Waals surface area contributed by atoms with Crippen molar-refractivity contribution in [3.05, 3.63) is 34.9 Å². The molecule has 0 saturated carbocycles. The van der Waals surface area contributed by atoms with Gasteiger partial charge in [0.25, 0.3) is 0 Å². The van der Waals surface area contributed by atoms with Gasteiger partial charge in [0, 0.05) is 17.0 Å². The summed E-state index contributed by atoms with van der Waals surface area (Å²) in [7, 11) is 0. The Hall–Kier alpha value is -0.930. The van der Waals surface area contributed by atoms with Crippen LogP contribution in [0.1, 0.15) is 31.7 Å². The molecule has 0 radical (unpaired) electrons. The van der Waals surface area contributed by atoms with Gasteiger partial charge < -0.3 is 0 Å². The first-order valence-electron chi connectivity index (χ1n) is 4.57. The second kappa shape index (κ2) is 5.67. The molecule has 1 rings (SSSR count). The summed E-state index contributed by atoms with van der Waals surface area (Å²) in [5, 5.41) is 0.752. The highest BCUT2D eigenvalue weighted by atomic mass is 35.5. The third-order valence-corrected chi connectivity index (χ3v) is 1.95. The molecule has 0 bridgehead atoms. The van der Waals surface area contributed by atoms with E-state index in [1.54, 1.807) is 0 Å². The van der Waals surface area contributed by atoms with Crippen LogP contribution in [0.25, 0.3) is 0 Å². The lowest BCUT2D eigenvalue weighted by Crippen LogP contribution is -1.73. The fourth-order valence-corrected chi connectivity index (χ4v) is 1.19. The Balaban J connectivity index is 2.56. The Morgan fingerprint density at radius 3 is 2.92 bits per heavy atom. The van der Waals surface area contributed by atoms with E-state index in [4.69, 9.17) is 11.6 Å². The molecule has 0 atom stereocenters. The van der Waals surface area contributed by atoms with Crippen molar-refractivity contribution in [2.45, 2.75) is 26.2 Å². The van der Waals surface area contributed by atoms with E-state index in [0.717, 1.165) is 17.0 Å². The highest BCUT2D eigenvalue weighted by molar-refractivity contribution is 6.30. The maximum atomic E-state index is 5.82. The van der Waals surface area contributed by atoms with Crippen molar-refractivity contribution in [2.75, 3.05) is 0 Å². The van der Waals surface area contributed by atoms with Crippen molar-refractivity contribution >= 4 is 11.6 Å². The second-order valence-electron chi connectivity index (χ2n) is 2.92. The number of hydrogen-bond acceptors (Lipinski definition) is 0. The molecule has 0 aliphatic rings. The first-order chi connectivity index (χ1) is 6.33. The van der Waals surface area contributed by atoms with Gasteiger partial charge in [-0.1, -0.05) is 42.9 Å². The van der Waals surface area contributed by atoms with E-state index >= 15 is 0 Å². The Kier molecular flexibility index (Phi) is 4.43. The third-order valence-electron chi connectivity index (χ3n) is 1.71. The van der Waals surface area contributed by atoms with Crippen LogP contribution in [0.4, 0.5) is 0 Å². The first-order valence-corrected chi connectivity index (χ1v) is 4.95. The van der Waals surface area contributed by atoms with E-state index in [2.05, 4.69) is 18.8 Å². The van der Waals surface area contributed by atoms with Gasteiger partial charge in [0.05, 0.1) is 0 Å². The van der Waals surface area contributed by atoms with E-state index in [1.165, 1.54) is 12.8 Å². The highest BCUT2D eigenvalue weighted by Crippen LogP contribution is 2.09. The topological polar surface area (TPSA) is 0 Å². The summed E-state index contributed by atoms with van der Waals surface area (Å²) < 4.78 is 0. The molecule has 0 spiro atoms. The molecule has 1 aromatic carbocycles. The summed E-state index contributed by atoms with van der Waals surface area (Å²) in [4.78, 5) is 0. The molecule has 1 heteroatoms. The minimum absolute atomic E-state index is 0.752. The van der Waals surface area contributed by atoms with Gasteiger partial charge in [0.1, 0.15) is 0 Å². The Morgan fingerprint density at radius 2 is 2.23 bits per heavy atom. The van der Waals surface area contributed by atoms with Crippen LogP contribution in [0.5, 0.6) is 0 Å². The zero-order valence-electron chi connectivity index (χ0n) is 7.81. The van der Waals surface area contributed by atoms with Gasteiger partial charge >= 0.3 is 0 Å². The number of benzene rings is 1. The molecule has 68 valence electrons. The molecule has 0 heterocycles. The normalized spacial score (nSPS) is 9.08. The molecular formula is C12H13Cl. The van der Waals surface area contributed by atoms with Crippen LogP contribution in [-0.4, -0.2) is 0 Å². The molecule has 0 N–H and O–H groups in total. The van der Waals surface area contributed by atoms with Crippen molar-refractivity contribution in [3.8, 4) is 11.8 Å². The zero-order valence-corrected chi connectivity index (χ0v) is 8.56. The maximum Gasteiger partial charge on any atom is 0.0418 e. The van der Waals surface area contributed by atoms with Gasteiger partial charge in [0.2, 0.25) is 0 Å². The average Bonchev–Trinajstić information content (AvgIpc) is 2.13. The van der Waals surface area contributed by atoms with Crippen molar-refractivity contribution in [1.82, 2.24) is 0 Å². The van der Waals surface area contributed by atoms with E-state index < -0.39 is 0 Å². The number of rotatable bonds is 2. The lowest BCUT2D eigenvalue weighted by molar-refractivity contribution is 0.828. The van der Waals surface area contributed by atoms with Crippen LogP contribution in [0, 0.1) is 11.8 Å². The van der Waals surface area contributed by atoms with Gasteiger partial charge in [-0.2, -0.15) is 0 Å². The minimum atomic E-state index is 0.752. The molecule has 0 saturated heterocycles. The van der Waals surface area contributed by atoms with Crippen LogP contribution in [-0.2, 0) is 0 Å². The molecule has 0 aromatic heterocycles. The van der Waals surface area contributed by atoms with E-state index in [-0.39, 0.29) is 0 Å². The van der Waals surface area contributed by atoms with Crippen molar-refractivity contribution in [1.29, 1.82) is 0 Å². The number of halogens is 1. The Labute approximate surface area is 84.9 Å². The fourth-order valence-electron chi connectivity index (χ4n) is 0.996. The molecule has 0 amide bonds. The van der Waals surface area contributed by atoms with Crippen LogP contribution >= 0.6 is 11.6 Å². The van der Waals surface area contributed by atoms with Crippen molar-refractivity contribution < 1.29 is 0 Å². The second-order valence-corrected chi connectivity index (χ2v) is 3.35. The summed E-state index contributed by atoms with van der Waals surface area (Å²) in [5.74, 6) is 6.21. The molecule has 0 aliphatic carbocycles. The summed E-state index contributed by atoms with van der Waals surface area (Å²) >= 11 is 5.82. The van der Waals surface area contributed by atoms with E-state index in [0.29, 0.717) is 0 Å². The molecule has 13 heavy (non-hydrogen) atoms. The summed E-state index contributed by atoms with van der Waals surface area (Å²) in [6.07, 6.45) is 3.35. The van der Waals surface area contributed by atoms with Crippen LogP contribution in [0.2, 0.25) is 5.02 Å². The Morgan fingerprint density at radius 1 is 1.38 bits per heavy atom. The monoisotopic (exact) mass is 192 g/mol. The van der Waals surface area contributed by atoms with Crippen LogP contribution in [0.15, 0.2) is 24.3 Å². The third kappa shape index (κ3) is 4.01. The van der Waals surface area contributed by atoms with Gasteiger partial charge in [-0.3, -0.25) is 0 Å². The molecule has 0 nitrogen and oxygen atoms in total. The van der Waals surface area contributed by atoms with Crippen LogP contribution < -0.4 is 0 Å². The van der Waals surface area contributed by atoms with Gasteiger partial charge in [-0.15, -0.1) is 0 Å². The molecule has 0 unspecified atom stereocenters. The zero-order chi connectivity index (χ0) is 9.52.